The smallest absolute Gasteiger partial charge is 0.308 e. The standard InChI is InChI=1S/C17H16BrClFN3O2S/c18-17-22-14(9-5-6-10(19)26-9)12(20)15(23-17)21-13-8-3-1-7(2-4-8)11(13)16(24)25/h5-8,11,13H,1-4H2,(H,24,25)(H,21,22,23)/t7?,8?,11-,13-/m0/s1. The van der Waals surface area contributed by atoms with E-state index in [1.165, 1.54) is 11.3 Å². The number of nitrogens with one attached hydrogen (secondary N) is 1. The number of hydrogen-bond acceptors (Lipinski definition) is 5. The van der Waals surface area contributed by atoms with Gasteiger partial charge in [-0.3, -0.25) is 4.79 Å². The van der Waals surface area contributed by atoms with Gasteiger partial charge < -0.3 is 10.4 Å². The van der Waals surface area contributed by atoms with E-state index in [1.54, 1.807) is 12.1 Å². The van der Waals surface area contributed by atoms with E-state index in [1.807, 2.05) is 0 Å². The summed E-state index contributed by atoms with van der Waals surface area (Å²) in [4.78, 5) is 20.7. The molecular formula is C17H16BrClFN3O2S. The molecule has 2 N–H and O–H groups in total. The van der Waals surface area contributed by atoms with Crippen LogP contribution in [-0.4, -0.2) is 27.1 Å². The predicted molar refractivity (Wildman–Crippen MR) is 102 cm³/mol. The van der Waals surface area contributed by atoms with Crippen LogP contribution in [0.3, 0.4) is 0 Å². The van der Waals surface area contributed by atoms with Gasteiger partial charge in [-0.2, -0.15) is 0 Å². The highest BCUT2D eigenvalue weighted by atomic mass is 79.9. The normalized spacial score (nSPS) is 27.5. The van der Waals surface area contributed by atoms with Gasteiger partial charge in [-0.1, -0.05) is 11.6 Å². The van der Waals surface area contributed by atoms with Gasteiger partial charge in [-0.05, 0) is 65.6 Å². The molecule has 0 amide bonds. The summed E-state index contributed by atoms with van der Waals surface area (Å²) < 4.78 is 15.9. The number of aliphatic carboxylic acids is 1. The average molecular weight is 461 g/mol. The Bertz CT molecular complexity index is 857. The van der Waals surface area contributed by atoms with Gasteiger partial charge in [0.25, 0.3) is 0 Å². The highest BCUT2D eigenvalue weighted by Crippen LogP contribution is 2.46. The molecule has 9 heteroatoms. The van der Waals surface area contributed by atoms with E-state index < -0.39 is 17.7 Å². The molecule has 5 rings (SSSR count). The first-order valence-corrected chi connectivity index (χ1v) is 10.4. The maximum atomic E-state index is 15.1. The first kappa shape index (κ1) is 18.1. The number of rotatable bonds is 4. The zero-order valence-electron chi connectivity index (χ0n) is 13.6. The quantitative estimate of drug-likeness (QED) is 0.624. The van der Waals surface area contributed by atoms with Crippen molar-refractivity contribution in [3.63, 3.8) is 0 Å². The summed E-state index contributed by atoms with van der Waals surface area (Å²) in [6.07, 6.45) is 3.78. The Morgan fingerprint density at radius 2 is 1.96 bits per heavy atom. The second-order valence-corrected chi connectivity index (χ2v) is 9.24. The second kappa shape index (κ2) is 7.05. The van der Waals surface area contributed by atoms with Crippen molar-refractivity contribution >= 4 is 50.7 Å². The van der Waals surface area contributed by atoms with Crippen LogP contribution in [0, 0.1) is 23.6 Å². The molecule has 3 fully saturated rings. The lowest BCUT2D eigenvalue weighted by Gasteiger charge is -2.47. The summed E-state index contributed by atoms with van der Waals surface area (Å²) >= 11 is 10.4. The number of aromatic nitrogens is 2. The Morgan fingerprint density at radius 1 is 1.27 bits per heavy atom. The number of carbonyl (C=O) groups is 1. The van der Waals surface area contributed by atoms with E-state index in [0.29, 0.717) is 9.21 Å². The topological polar surface area (TPSA) is 75.1 Å². The SMILES string of the molecule is O=C(O)[C@H]1C2CCC(CC2)[C@@H]1Nc1nc(Br)nc(-c2ccc(Cl)s2)c1F. The maximum Gasteiger partial charge on any atom is 0.308 e. The molecule has 3 aliphatic carbocycles. The maximum absolute atomic E-state index is 15.1. The second-order valence-electron chi connectivity index (χ2n) is 6.82. The van der Waals surface area contributed by atoms with Crippen LogP contribution in [-0.2, 0) is 4.79 Å². The van der Waals surface area contributed by atoms with Gasteiger partial charge in [0.05, 0.1) is 15.1 Å². The Labute approximate surface area is 167 Å². The van der Waals surface area contributed by atoms with Crippen LogP contribution >= 0.6 is 38.9 Å². The fourth-order valence-corrected chi connectivity index (χ4v) is 5.67. The monoisotopic (exact) mass is 459 g/mol. The van der Waals surface area contributed by atoms with Crippen LogP contribution < -0.4 is 5.32 Å². The van der Waals surface area contributed by atoms with Crippen molar-refractivity contribution in [2.75, 3.05) is 5.32 Å². The molecule has 2 bridgehead atoms. The van der Waals surface area contributed by atoms with Crippen molar-refractivity contribution in [3.05, 3.63) is 27.0 Å². The van der Waals surface area contributed by atoms with E-state index in [0.717, 1.165) is 25.7 Å². The minimum atomic E-state index is -0.823. The van der Waals surface area contributed by atoms with Crippen molar-refractivity contribution in [1.82, 2.24) is 9.97 Å². The molecule has 138 valence electrons. The third-order valence-corrected chi connectivity index (χ3v) is 7.03. The Morgan fingerprint density at radius 3 is 2.58 bits per heavy atom. The van der Waals surface area contributed by atoms with Gasteiger partial charge >= 0.3 is 5.97 Å². The van der Waals surface area contributed by atoms with Crippen molar-refractivity contribution < 1.29 is 14.3 Å². The molecule has 2 heterocycles. The van der Waals surface area contributed by atoms with Crippen molar-refractivity contribution in [1.29, 1.82) is 0 Å². The van der Waals surface area contributed by atoms with Crippen LogP contribution in [0.15, 0.2) is 16.9 Å². The Hall–Kier alpha value is -1.25. The van der Waals surface area contributed by atoms with Crippen LogP contribution in [0.1, 0.15) is 25.7 Å². The molecule has 0 saturated heterocycles. The molecule has 26 heavy (non-hydrogen) atoms. The molecule has 5 nitrogen and oxygen atoms in total. The fraction of sp³-hybridized carbons (Fsp3) is 0.471. The molecule has 0 unspecified atom stereocenters. The largest absolute Gasteiger partial charge is 0.481 e. The molecule has 0 spiro atoms. The van der Waals surface area contributed by atoms with Gasteiger partial charge in [-0.15, -0.1) is 11.3 Å². The predicted octanol–water partition coefficient (Wildman–Crippen LogP) is 5.06. The zero-order valence-corrected chi connectivity index (χ0v) is 16.7. The molecule has 0 aliphatic heterocycles. The van der Waals surface area contributed by atoms with E-state index >= 15 is 4.39 Å². The number of fused-ring (bicyclic) bond motifs is 3. The number of hydrogen-bond donors (Lipinski definition) is 2. The van der Waals surface area contributed by atoms with Crippen LogP contribution in [0.4, 0.5) is 10.2 Å². The molecule has 3 saturated carbocycles. The summed E-state index contributed by atoms with van der Waals surface area (Å²) in [6, 6.07) is 3.07. The van der Waals surface area contributed by atoms with E-state index in [9.17, 15) is 9.90 Å². The number of halogens is 3. The first-order chi connectivity index (χ1) is 12.4. The summed E-state index contributed by atoms with van der Waals surface area (Å²) in [5.74, 6) is -1.54. The molecule has 0 radical (unpaired) electrons. The number of thiophene rings is 1. The minimum absolute atomic E-state index is 0.0372. The molecule has 2 atom stereocenters. The summed E-state index contributed by atoms with van der Waals surface area (Å²) in [5, 5.41) is 12.8. The highest BCUT2D eigenvalue weighted by molar-refractivity contribution is 9.10. The van der Waals surface area contributed by atoms with Gasteiger partial charge in [0.15, 0.2) is 16.4 Å². The lowest BCUT2D eigenvalue weighted by atomic mass is 9.61. The van der Waals surface area contributed by atoms with E-state index in [-0.39, 0.29) is 34.1 Å². The van der Waals surface area contributed by atoms with Crippen molar-refractivity contribution in [3.8, 4) is 10.6 Å². The third-order valence-electron chi connectivity index (χ3n) is 5.44. The highest BCUT2D eigenvalue weighted by Gasteiger charge is 2.47. The fourth-order valence-electron chi connectivity index (χ4n) is 4.29. The number of carboxylic acid groups (broad SMARTS) is 1. The third kappa shape index (κ3) is 3.23. The number of carboxylic acids is 1. The lowest BCUT2D eigenvalue weighted by molar-refractivity contribution is -0.148. The van der Waals surface area contributed by atoms with Gasteiger partial charge in [0, 0.05) is 6.04 Å². The van der Waals surface area contributed by atoms with Gasteiger partial charge in [-0.25, -0.2) is 14.4 Å². The van der Waals surface area contributed by atoms with Crippen LogP contribution in [0.25, 0.3) is 10.6 Å². The van der Waals surface area contributed by atoms with Crippen molar-refractivity contribution in [2.24, 2.45) is 17.8 Å². The lowest BCUT2D eigenvalue weighted by Crippen LogP contribution is -2.51. The number of nitrogens with zero attached hydrogens (tertiary/aromatic N) is 2. The zero-order chi connectivity index (χ0) is 18.4. The summed E-state index contributed by atoms with van der Waals surface area (Å²) in [7, 11) is 0. The Balaban J connectivity index is 1.70. The molecule has 2 aromatic heterocycles. The van der Waals surface area contributed by atoms with Crippen molar-refractivity contribution in [2.45, 2.75) is 31.7 Å². The first-order valence-electron chi connectivity index (χ1n) is 8.42. The van der Waals surface area contributed by atoms with Gasteiger partial charge in [0.1, 0.15) is 5.69 Å². The van der Waals surface area contributed by atoms with E-state index in [4.69, 9.17) is 11.6 Å². The Kier molecular flexibility index (Phi) is 4.92. The van der Waals surface area contributed by atoms with E-state index in [2.05, 4.69) is 31.2 Å². The van der Waals surface area contributed by atoms with Crippen LogP contribution in [0.2, 0.25) is 4.34 Å². The molecular weight excluding hydrogens is 445 g/mol. The molecule has 3 aliphatic rings. The molecule has 0 aromatic carbocycles. The van der Waals surface area contributed by atoms with Crippen LogP contribution in [0.5, 0.6) is 0 Å². The summed E-state index contributed by atoms with van der Waals surface area (Å²) in [6.45, 7) is 0. The van der Waals surface area contributed by atoms with Gasteiger partial charge in [0.2, 0.25) is 0 Å². The number of anilines is 1. The minimum Gasteiger partial charge on any atom is -0.481 e. The summed E-state index contributed by atoms with van der Waals surface area (Å²) in [5.41, 5.74) is 0.152. The average Bonchev–Trinajstić information content (AvgIpc) is 3.04. The molecule has 2 aromatic rings.